The number of amides is 2. The topological polar surface area (TPSA) is 90.8 Å². The molecule has 2 heterocycles. The van der Waals surface area contributed by atoms with E-state index >= 15 is 0 Å². The highest BCUT2D eigenvalue weighted by Crippen LogP contribution is 2.25. The van der Waals surface area contributed by atoms with Crippen molar-refractivity contribution in [1.82, 2.24) is 14.8 Å². The van der Waals surface area contributed by atoms with E-state index in [9.17, 15) is 14.4 Å². The number of benzene rings is 1. The van der Waals surface area contributed by atoms with Gasteiger partial charge in [-0.15, -0.1) is 0 Å². The number of hydrogen-bond acceptors (Lipinski definition) is 4. The molecule has 1 fully saturated rings. The molecule has 27 heavy (non-hydrogen) atoms. The Morgan fingerprint density at radius 2 is 2.11 bits per heavy atom. The molecule has 0 bridgehead atoms. The van der Waals surface area contributed by atoms with Crippen LogP contribution in [0.1, 0.15) is 23.2 Å². The third kappa shape index (κ3) is 4.03. The maximum absolute atomic E-state index is 12.8. The summed E-state index contributed by atoms with van der Waals surface area (Å²) in [5.41, 5.74) is 0.852. The van der Waals surface area contributed by atoms with Gasteiger partial charge in [-0.25, -0.2) is 0 Å². The van der Waals surface area contributed by atoms with E-state index in [-0.39, 0.29) is 24.9 Å². The van der Waals surface area contributed by atoms with Crippen LogP contribution in [-0.4, -0.2) is 64.4 Å². The van der Waals surface area contributed by atoms with Gasteiger partial charge in [0.2, 0.25) is 5.91 Å². The summed E-state index contributed by atoms with van der Waals surface area (Å²) in [6.07, 6.45) is 2.79. The second-order valence-electron chi connectivity index (χ2n) is 6.67. The molecule has 1 N–H and O–H groups in total. The van der Waals surface area contributed by atoms with Crippen LogP contribution in [0.25, 0.3) is 10.9 Å². The molecule has 1 atom stereocenters. The van der Waals surface area contributed by atoms with Crippen LogP contribution >= 0.6 is 11.6 Å². The number of hydrogen-bond donors (Lipinski definition) is 1. The molecule has 1 unspecified atom stereocenters. The Bertz CT molecular complexity index is 902. The van der Waals surface area contributed by atoms with Gasteiger partial charge in [0.05, 0.1) is 28.6 Å². The highest BCUT2D eigenvalue weighted by atomic mass is 35.5. The molecule has 1 saturated heterocycles. The molecule has 1 aliphatic rings. The number of fused-ring (bicyclic) bond motifs is 1. The molecule has 0 radical (unpaired) electrons. The normalized spacial score (nSPS) is 17.0. The Labute approximate surface area is 161 Å². The predicted molar refractivity (Wildman–Crippen MR) is 101 cm³/mol. The number of likely N-dealkylation sites (tertiary alicyclic amines) is 1. The van der Waals surface area contributed by atoms with Crippen molar-refractivity contribution in [3.8, 4) is 0 Å². The SMILES string of the molecule is CN(CC(=O)N1CCCC(C(=O)O)C1)C(=O)c1ccc(Cl)c2cccnc12. The number of carboxylic acids is 1. The zero-order valence-corrected chi connectivity index (χ0v) is 15.6. The average molecular weight is 390 g/mol. The van der Waals surface area contributed by atoms with Gasteiger partial charge in [-0.05, 0) is 37.1 Å². The second-order valence-corrected chi connectivity index (χ2v) is 7.08. The van der Waals surface area contributed by atoms with Crippen molar-refractivity contribution >= 4 is 40.3 Å². The summed E-state index contributed by atoms with van der Waals surface area (Å²) < 4.78 is 0. The number of halogens is 1. The van der Waals surface area contributed by atoms with Crippen molar-refractivity contribution in [3.05, 3.63) is 41.0 Å². The average Bonchev–Trinajstić information content (AvgIpc) is 2.68. The molecule has 2 aromatic rings. The number of aromatic nitrogens is 1. The van der Waals surface area contributed by atoms with Crippen LogP contribution < -0.4 is 0 Å². The van der Waals surface area contributed by atoms with Crippen molar-refractivity contribution in [2.45, 2.75) is 12.8 Å². The lowest BCUT2D eigenvalue weighted by Gasteiger charge is -2.32. The highest BCUT2D eigenvalue weighted by molar-refractivity contribution is 6.36. The monoisotopic (exact) mass is 389 g/mol. The van der Waals surface area contributed by atoms with Gasteiger partial charge in [-0.1, -0.05) is 11.6 Å². The number of likely N-dealkylation sites (N-methyl/N-ethyl adjacent to an activating group) is 1. The van der Waals surface area contributed by atoms with Crippen molar-refractivity contribution in [2.75, 3.05) is 26.7 Å². The molecule has 0 spiro atoms. The fraction of sp³-hybridized carbons (Fsp3) is 0.368. The summed E-state index contributed by atoms with van der Waals surface area (Å²) in [5.74, 6) is -2.04. The van der Waals surface area contributed by atoms with Crippen LogP contribution in [0, 0.1) is 5.92 Å². The van der Waals surface area contributed by atoms with Crippen LogP contribution in [0.2, 0.25) is 5.02 Å². The molecule has 7 nitrogen and oxygen atoms in total. The van der Waals surface area contributed by atoms with E-state index in [0.717, 1.165) is 0 Å². The van der Waals surface area contributed by atoms with E-state index in [1.807, 2.05) is 0 Å². The first kappa shape index (κ1) is 19.1. The molecule has 0 aliphatic carbocycles. The van der Waals surface area contributed by atoms with Crippen LogP contribution in [0.5, 0.6) is 0 Å². The van der Waals surface area contributed by atoms with E-state index < -0.39 is 11.9 Å². The third-order valence-corrected chi connectivity index (χ3v) is 5.12. The lowest BCUT2D eigenvalue weighted by atomic mass is 9.98. The van der Waals surface area contributed by atoms with Crippen LogP contribution in [0.4, 0.5) is 0 Å². The summed E-state index contributed by atoms with van der Waals surface area (Å²) in [6.45, 7) is 0.569. The first-order chi connectivity index (χ1) is 12.9. The number of nitrogens with zero attached hydrogens (tertiary/aromatic N) is 3. The van der Waals surface area contributed by atoms with Gasteiger partial charge in [0.1, 0.15) is 0 Å². The van der Waals surface area contributed by atoms with Crippen LogP contribution in [0.3, 0.4) is 0 Å². The smallest absolute Gasteiger partial charge is 0.308 e. The van der Waals surface area contributed by atoms with Gasteiger partial charge >= 0.3 is 5.97 Å². The third-order valence-electron chi connectivity index (χ3n) is 4.79. The minimum atomic E-state index is -0.893. The number of piperidine rings is 1. The van der Waals surface area contributed by atoms with Gasteiger partial charge < -0.3 is 14.9 Å². The number of carboxylic acid groups (broad SMARTS) is 1. The Balaban J connectivity index is 1.74. The van der Waals surface area contributed by atoms with Crippen molar-refractivity contribution in [1.29, 1.82) is 0 Å². The van der Waals surface area contributed by atoms with Gasteiger partial charge in [-0.3, -0.25) is 19.4 Å². The molecule has 1 aromatic heterocycles. The van der Waals surface area contributed by atoms with Gasteiger partial charge in [0, 0.05) is 31.7 Å². The first-order valence-corrected chi connectivity index (χ1v) is 9.05. The minimum absolute atomic E-state index is 0.123. The summed E-state index contributed by atoms with van der Waals surface area (Å²) in [7, 11) is 1.54. The fourth-order valence-corrected chi connectivity index (χ4v) is 3.51. The maximum Gasteiger partial charge on any atom is 0.308 e. The Hall–Kier alpha value is -2.67. The zero-order chi connectivity index (χ0) is 19.6. The van der Waals surface area contributed by atoms with Gasteiger partial charge in [0.25, 0.3) is 5.91 Å². The number of pyridine rings is 1. The Kier molecular flexibility index (Phi) is 5.60. The molecular formula is C19H20ClN3O4. The maximum atomic E-state index is 12.8. The molecule has 1 aromatic carbocycles. The van der Waals surface area contributed by atoms with Crippen molar-refractivity contribution in [3.63, 3.8) is 0 Å². The lowest BCUT2D eigenvalue weighted by molar-refractivity contribution is -0.145. The standard InChI is InChI=1S/C19H20ClN3O4/c1-22(11-16(24)23-9-3-4-12(10-23)19(26)27)18(25)14-6-7-15(20)13-5-2-8-21-17(13)14/h2,5-8,12H,3-4,9-11H2,1H3,(H,26,27). The molecule has 0 saturated carbocycles. The first-order valence-electron chi connectivity index (χ1n) is 8.67. The van der Waals surface area contributed by atoms with E-state index in [2.05, 4.69) is 4.98 Å². The van der Waals surface area contributed by atoms with E-state index in [1.54, 1.807) is 37.5 Å². The van der Waals surface area contributed by atoms with E-state index in [4.69, 9.17) is 16.7 Å². The quantitative estimate of drug-likeness (QED) is 0.866. The van der Waals surface area contributed by atoms with Gasteiger partial charge in [-0.2, -0.15) is 0 Å². The molecular weight excluding hydrogens is 370 g/mol. The Morgan fingerprint density at radius 3 is 2.85 bits per heavy atom. The molecule has 1 aliphatic heterocycles. The largest absolute Gasteiger partial charge is 0.481 e. The summed E-state index contributed by atoms with van der Waals surface area (Å²) in [4.78, 5) is 43.6. The predicted octanol–water partition coefficient (Wildman–Crippen LogP) is 2.28. The van der Waals surface area contributed by atoms with E-state index in [0.29, 0.717) is 40.9 Å². The summed E-state index contributed by atoms with van der Waals surface area (Å²) in [5, 5.41) is 10.3. The molecule has 142 valence electrons. The van der Waals surface area contributed by atoms with Gasteiger partial charge in [0.15, 0.2) is 0 Å². The summed E-state index contributed by atoms with van der Waals surface area (Å²) in [6, 6.07) is 6.76. The summed E-state index contributed by atoms with van der Waals surface area (Å²) >= 11 is 6.16. The number of rotatable bonds is 4. The number of carbonyl (C=O) groups excluding carboxylic acids is 2. The van der Waals surface area contributed by atoms with Crippen molar-refractivity contribution < 1.29 is 19.5 Å². The number of aliphatic carboxylic acids is 1. The zero-order valence-electron chi connectivity index (χ0n) is 14.9. The minimum Gasteiger partial charge on any atom is -0.481 e. The Morgan fingerprint density at radius 1 is 1.33 bits per heavy atom. The fourth-order valence-electron chi connectivity index (χ4n) is 3.30. The van der Waals surface area contributed by atoms with Crippen LogP contribution in [0.15, 0.2) is 30.5 Å². The highest BCUT2D eigenvalue weighted by Gasteiger charge is 2.29. The van der Waals surface area contributed by atoms with Crippen LogP contribution in [-0.2, 0) is 9.59 Å². The number of carbonyl (C=O) groups is 3. The van der Waals surface area contributed by atoms with E-state index in [1.165, 1.54) is 9.80 Å². The lowest BCUT2D eigenvalue weighted by Crippen LogP contribution is -2.46. The molecule has 8 heteroatoms. The molecule has 2 amide bonds. The second kappa shape index (κ2) is 7.92. The molecule has 3 rings (SSSR count). The van der Waals surface area contributed by atoms with Crippen molar-refractivity contribution in [2.24, 2.45) is 5.92 Å².